The number of hydrogen-bond donors (Lipinski definition) is 1. The predicted octanol–water partition coefficient (Wildman–Crippen LogP) is 2.13. The van der Waals surface area contributed by atoms with Crippen LogP contribution in [0.2, 0.25) is 0 Å². The zero-order valence-electron chi connectivity index (χ0n) is 14.9. The number of likely N-dealkylation sites (N-methyl/N-ethyl adjacent to an activating group) is 1. The second-order valence-corrected chi connectivity index (χ2v) is 5.28. The summed E-state index contributed by atoms with van der Waals surface area (Å²) in [6.45, 7) is 6.74. The van der Waals surface area contributed by atoms with Gasteiger partial charge in [0.2, 0.25) is 0 Å². The molecular formula is C17H27N4O2Re-. The standard InChI is InChI=1S/C11H15N3O.C4H7NO.C2H6.Re/c1-12-11(15)10-5-8-3-4-14(2)7-9(8)6-13-10;6-4-2-1-3-5-4;1-2;/h5-6H,3-4,7H2,1-2H3,(H,12,15);1-3H2,(H,5,6);1-2H3;/p-1. The van der Waals surface area contributed by atoms with Gasteiger partial charge in [-0.15, -0.1) is 6.54 Å². The molecule has 2 aliphatic heterocycles. The van der Waals surface area contributed by atoms with E-state index < -0.39 is 0 Å². The fourth-order valence-corrected chi connectivity index (χ4v) is 2.35. The number of nitrogens with one attached hydrogen (secondary N) is 1. The molecule has 1 aromatic rings. The summed E-state index contributed by atoms with van der Waals surface area (Å²) >= 11 is 0. The van der Waals surface area contributed by atoms with Gasteiger partial charge in [-0.25, -0.2) is 0 Å². The first kappa shape index (κ1) is 22.7. The average Bonchev–Trinajstić information content (AvgIpc) is 3.07. The van der Waals surface area contributed by atoms with E-state index in [4.69, 9.17) is 0 Å². The summed E-state index contributed by atoms with van der Waals surface area (Å²) in [5.74, 6) is -0.0354. The largest absolute Gasteiger partial charge is 0.653 e. The summed E-state index contributed by atoms with van der Waals surface area (Å²) in [6, 6.07) is 1.90. The van der Waals surface area contributed by atoms with Gasteiger partial charge < -0.3 is 20.3 Å². The van der Waals surface area contributed by atoms with E-state index in [9.17, 15) is 9.59 Å². The molecule has 135 valence electrons. The Morgan fingerprint density at radius 1 is 1.29 bits per heavy atom. The molecule has 2 aliphatic rings. The van der Waals surface area contributed by atoms with Gasteiger partial charge in [0.25, 0.3) is 5.91 Å². The zero-order chi connectivity index (χ0) is 17.2. The molecular weight excluding hydrogens is 478 g/mol. The molecule has 3 rings (SSSR count). The van der Waals surface area contributed by atoms with Gasteiger partial charge in [-0.05, 0) is 37.1 Å². The topological polar surface area (TPSA) is 76.4 Å². The van der Waals surface area contributed by atoms with Crippen molar-refractivity contribution in [3.05, 3.63) is 34.4 Å². The Hall–Kier alpha value is -1.29. The third-order valence-corrected chi connectivity index (χ3v) is 3.58. The normalized spacial score (nSPS) is 15.4. The van der Waals surface area contributed by atoms with E-state index in [2.05, 4.69) is 27.6 Å². The average molecular weight is 506 g/mol. The van der Waals surface area contributed by atoms with E-state index in [-0.39, 0.29) is 32.2 Å². The number of amides is 2. The third-order valence-electron chi connectivity index (χ3n) is 3.58. The monoisotopic (exact) mass is 506 g/mol. The van der Waals surface area contributed by atoms with Gasteiger partial charge in [0.05, 0.1) is 5.91 Å². The van der Waals surface area contributed by atoms with Crippen LogP contribution in [0.1, 0.15) is 48.3 Å². The molecule has 1 fully saturated rings. The van der Waals surface area contributed by atoms with Crippen molar-refractivity contribution in [1.29, 1.82) is 0 Å². The molecule has 1 radical (unpaired) electrons. The number of carbonyl (C=O) groups excluding carboxylic acids is 2. The molecule has 1 saturated heterocycles. The van der Waals surface area contributed by atoms with Crippen molar-refractivity contribution >= 4 is 11.8 Å². The number of nitrogens with zero attached hydrogens (tertiary/aromatic N) is 3. The minimum Gasteiger partial charge on any atom is -0.653 e. The minimum atomic E-state index is -0.114. The summed E-state index contributed by atoms with van der Waals surface area (Å²) in [4.78, 5) is 27.9. The maximum atomic E-state index is 11.4. The van der Waals surface area contributed by atoms with Crippen LogP contribution in [-0.4, -0.2) is 48.9 Å². The van der Waals surface area contributed by atoms with E-state index in [0.29, 0.717) is 12.1 Å². The molecule has 7 heteroatoms. The zero-order valence-corrected chi connectivity index (χ0v) is 17.6. The van der Waals surface area contributed by atoms with Gasteiger partial charge in [-0.3, -0.25) is 9.78 Å². The Morgan fingerprint density at radius 2 is 2.00 bits per heavy atom. The molecule has 2 amide bonds. The molecule has 1 N–H and O–H groups in total. The smallest absolute Gasteiger partial charge is 0.269 e. The van der Waals surface area contributed by atoms with Gasteiger partial charge in [-0.2, -0.15) is 0 Å². The van der Waals surface area contributed by atoms with E-state index in [1.807, 2.05) is 26.1 Å². The number of carbonyl (C=O) groups is 2. The predicted molar refractivity (Wildman–Crippen MR) is 91.5 cm³/mol. The maximum absolute atomic E-state index is 11.4. The number of rotatable bonds is 1. The van der Waals surface area contributed by atoms with E-state index >= 15 is 0 Å². The molecule has 6 nitrogen and oxygen atoms in total. The molecule has 24 heavy (non-hydrogen) atoms. The van der Waals surface area contributed by atoms with Crippen LogP contribution in [0, 0.1) is 0 Å². The van der Waals surface area contributed by atoms with Crippen molar-refractivity contribution < 1.29 is 30.0 Å². The van der Waals surface area contributed by atoms with Crippen molar-refractivity contribution in [3.63, 3.8) is 0 Å². The Labute approximate surface area is 158 Å². The Morgan fingerprint density at radius 3 is 2.50 bits per heavy atom. The molecule has 0 saturated carbocycles. The number of fused-ring (bicyclic) bond motifs is 1. The molecule has 0 unspecified atom stereocenters. The minimum absolute atomic E-state index is 0. The first-order chi connectivity index (χ1) is 11.1. The molecule has 1 aromatic heterocycles. The van der Waals surface area contributed by atoms with Crippen LogP contribution in [0.15, 0.2) is 12.3 Å². The van der Waals surface area contributed by atoms with E-state index in [1.165, 1.54) is 11.1 Å². The van der Waals surface area contributed by atoms with Gasteiger partial charge in [0.15, 0.2) is 0 Å². The fourth-order valence-electron chi connectivity index (χ4n) is 2.35. The summed E-state index contributed by atoms with van der Waals surface area (Å²) in [5.41, 5.74) is 3.00. The van der Waals surface area contributed by atoms with Crippen LogP contribution in [-0.2, 0) is 38.2 Å². The quantitative estimate of drug-likeness (QED) is 0.635. The fraction of sp³-hybridized carbons (Fsp3) is 0.588. The van der Waals surface area contributed by atoms with Crippen molar-refractivity contribution in [2.45, 2.75) is 39.7 Å². The maximum Gasteiger partial charge on any atom is 0.269 e. The van der Waals surface area contributed by atoms with E-state index in [1.54, 1.807) is 7.05 Å². The van der Waals surface area contributed by atoms with Crippen molar-refractivity contribution in [3.8, 4) is 0 Å². The van der Waals surface area contributed by atoms with Gasteiger partial charge >= 0.3 is 0 Å². The van der Waals surface area contributed by atoms with Gasteiger partial charge in [0.1, 0.15) is 5.69 Å². The van der Waals surface area contributed by atoms with Crippen LogP contribution in [0.4, 0.5) is 0 Å². The first-order valence-electron chi connectivity index (χ1n) is 8.19. The van der Waals surface area contributed by atoms with Crippen LogP contribution in [0.5, 0.6) is 0 Å². The number of pyridine rings is 1. The first-order valence-corrected chi connectivity index (χ1v) is 8.19. The summed E-state index contributed by atoms with van der Waals surface area (Å²) in [5, 5.41) is 6.18. The van der Waals surface area contributed by atoms with Crippen LogP contribution >= 0.6 is 0 Å². The SMILES string of the molecule is CC.CNC(=O)c1cc2c(cn1)CN(C)CC2.O=C1CCC[N-]1.[Re]. The third kappa shape index (κ3) is 7.08. The Kier molecular flexibility index (Phi) is 11.5. The van der Waals surface area contributed by atoms with Gasteiger partial charge in [-0.1, -0.05) is 20.3 Å². The van der Waals surface area contributed by atoms with Crippen molar-refractivity contribution in [2.75, 3.05) is 27.2 Å². The second kappa shape index (κ2) is 12.1. The molecule has 0 spiro atoms. The summed E-state index contributed by atoms with van der Waals surface area (Å²) in [7, 11) is 3.72. The Bertz CT molecular complexity index is 529. The van der Waals surface area contributed by atoms with Gasteiger partial charge in [0, 0.05) is 46.8 Å². The molecule has 0 atom stereocenters. The van der Waals surface area contributed by atoms with E-state index in [0.717, 1.165) is 32.5 Å². The summed E-state index contributed by atoms with van der Waals surface area (Å²) < 4.78 is 0. The molecule has 0 bridgehead atoms. The molecule has 3 heterocycles. The Balaban J connectivity index is 0.000000496. The number of hydrogen-bond acceptors (Lipinski definition) is 4. The summed E-state index contributed by atoms with van der Waals surface area (Å²) in [6.07, 6.45) is 4.47. The van der Waals surface area contributed by atoms with Crippen LogP contribution in [0.25, 0.3) is 5.32 Å². The number of aromatic nitrogens is 1. The molecule has 0 aliphatic carbocycles. The van der Waals surface area contributed by atoms with Crippen LogP contribution < -0.4 is 5.32 Å². The second-order valence-electron chi connectivity index (χ2n) is 5.28. The van der Waals surface area contributed by atoms with Crippen molar-refractivity contribution in [1.82, 2.24) is 15.2 Å². The molecule has 0 aromatic carbocycles. The van der Waals surface area contributed by atoms with Crippen LogP contribution in [0.3, 0.4) is 0 Å². The van der Waals surface area contributed by atoms with Crippen molar-refractivity contribution in [2.24, 2.45) is 0 Å².